The van der Waals surface area contributed by atoms with E-state index in [4.69, 9.17) is 0 Å². The maximum atomic E-state index is 12.3. The number of aromatic nitrogens is 2. The van der Waals surface area contributed by atoms with Gasteiger partial charge in [-0.2, -0.15) is 5.10 Å². The predicted octanol–water partition coefficient (Wildman–Crippen LogP) is 3.36. The molecule has 0 unspecified atom stereocenters. The molecule has 112 valence electrons. The molecule has 0 aliphatic heterocycles. The van der Waals surface area contributed by atoms with Crippen molar-refractivity contribution in [2.24, 2.45) is 0 Å². The van der Waals surface area contributed by atoms with E-state index in [0.717, 1.165) is 17.1 Å². The van der Waals surface area contributed by atoms with Crippen molar-refractivity contribution in [3.63, 3.8) is 0 Å². The summed E-state index contributed by atoms with van der Waals surface area (Å²) in [5, 5.41) is 7.47. The average molecular weight is 285 g/mol. The summed E-state index contributed by atoms with van der Waals surface area (Å²) >= 11 is 0. The molecule has 2 rings (SSSR count). The number of amides is 1. The van der Waals surface area contributed by atoms with Gasteiger partial charge in [0.2, 0.25) is 0 Å². The molecule has 0 saturated carbocycles. The van der Waals surface area contributed by atoms with Crippen LogP contribution in [-0.4, -0.2) is 22.2 Å². The molecule has 0 saturated heterocycles. The Hall–Kier alpha value is -2.10. The first-order valence-electron chi connectivity index (χ1n) is 7.40. The Morgan fingerprint density at radius 2 is 1.86 bits per heavy atom. The van der Waals surface area contributed by atoms with Crippen LogP contribution in [0.5, 0.6) is 0 Å². The van der Waals surface area contributed by atoms with Gasteiger partial charge >= 0.3 is 0 Å². The molecule has 0 radical (unpaired) electrons. The lowest BCUT2D eigenvalue weighted by Crippen LogP contribution is -2.24. The molecule has 21 heavy (non-hydrogen) atoms. The van der Waals surface area contributed by atoms with Gasteiger partial charge in [0.25, 0.3) is 5.91 Å². The first-order valence-corrected chi connectivity index (χ1v) is 7.40. The van der Waals surface area contributed by atoms with Crippen molar-refractivity contribution < 1.29 is 4.79 Å². The van der Waals surface area contributed by atoms with Gasteiger partial charge in [0.1, 0.15) is 0 Å². The average Bonchev–Trinajstić information content (AvgIpc) is 2.77. The van der Waals surface area contributed by atoms with E-state index in [-0.39, 0.29) is 11.8 Å². The Morgan fingerprint density at radius 1 is 1.24 bits per heavy atom. The number of carbonyl (C=O) groups excluding carboxylic acids is 1. The van der Waals surface area contributed by atoms with Crippen LogP contribution in [-0.2, 0) is 0 Å². The second kappa shape index (κ2) is 6.12. The van der Waals surface area contributed by atoms with Gasteiger partial charge in [-0.15, -0.1) is 0 Å². The Labute approximate surface area is 126 Å². The minimum atomic E-state index is -0.0444. The summed E-state index contributed by atoms with van der Waals surface area (Å²) < 4.78 is 1.89. The number of rotatable bonds is 4. The van der Waals surface area contributed by atoms with Gasteiger partial charge in [0.05, 0.1) is 22.6 Å². The van der Waals surface area contributed by atoms with E-state index < -0.39 is 0 Å². The number of hydrogen-bond donors (Lipinski definition) is 1. The quantitative estimate of drug-likeness (QED) is 0.936. The Morgan fingerprint density at radius 3 is 2.38 bits per heavy atom. The molecule has 0 fully saturated rings. The molecular formula is C17H23N3O. The van der Waals surface area contributed by atoms with Crippen molar-refractivity contribution in [3.8, 4) is 5.69 Å². The monoisotopic (exact) mass is 285 g/mol. The largest absolute Gasteiger partial charge is 0.352 e. The van der Waals surface area contributed by atoms with E-state index in [1.54, 1.807) is 0 Å². The highest BCUT2D eigenvalue weighted by molar-refractivity contribution is 5.96. The Kier molecular flexibility index (Phi) is 4.46. The van der Waals surface area contributed by atoms with Gasteiger partial charge in [-0.05, 0) is 38.8 Å². The lowest BCUT2D eigenvalue weighted by molar-refractivity contribution is 0.0954. The van der Waals surface area contributed by atoms with Crippen LogP contribution in [0.1, 0.15) is 54.0 Å². The van der Waals surface area contributed by atoms with Crippen LogP contribution in [0.15, 0.2) is 24.3 Å². The molecule has 1 heterocycles. The third-order valence-electron chi connectivity index (χ3n) is 3.49. The summed E-state index contributed by atoms with van der Waals surface area (Å²) in [6, 6.07) is 8.19. The van der Waals surface area contributed by atoms with E-state index in [0.29, 0.717) is 12.1 Å². The van der Waals surface area contributed by atoms with Crippen molar-refractivity contribution in [2.75, 3.05) is 6.54 Å². The fourth-order valence-corrected chi connectivity index (χ4v) is 2.49. The zero-order valence-electron chi connectivity index (χ0n) is 13.4. The number of aryl methyl sites for hydroxylation is 2. The summed E-state index contributed by atoms with van der Waals surface area (Å²) in [5.74, 6) is 0.169. The zero-order valence-corrected chi connectivity index (χ0v) is 13.4. The molecule has 2 aromatic rings. The number of benzene rings is 1. The third-order valence-corrected chi connectivity index (χ3v) is 3.49. The van der Waals surface area contributed by atoms with E-state index in [1.165, 1.54) is 5.56 Å². The van der Waals surface area contributed by atoms with Crippen LogP contribution in [0, 0.1) is 13.8 Å². The highest BCUT2D eigenvalue weighted by atomic mass is 16.1. The van der Waals surface area contributed by atoms with Crippen LogP contribution in [0.2, 0.25) is 0 Å². The highest BCUT2D eigenvalue weighted by Gasteiger charge is 2.23. The van der Waals surface area contributed by atoms with Gasteiger partial charge in [0.15, 0.2) is 0 Å². The summed E-state index contributed by atoms with van der Waals surface area (Å²) in [6.45, 7) is 10.7. The van der Waals surface area contributed by atoms with Crippen molar-refractivity contribution >= 4 is 5.91 Å². The SMILES string of the molecule is CCNC(=O)c1c(C)nn(-c2ccc(C)cc2)c1C(C)C. The number of carbonyl (C=O) groups is 1. The fourth-order valence-electron chi connectivity index (χ4n) is 2.49. The molecular weight excluding hydrogens is 262 g/mol. The summed E-state index contributed by atoms with van der Waals surface area (Å²) in [7, 11) is 0. The second-order valence-corrected chi connectivity index (χ2v) is 5.61. The molecule has 0 aliphatic carbocycles. The molecule has 1 aromatic carbocycles. The van der Waals surface area contributed by atoms with Gasteiger partial charge in [-0.25, -0.2) is 4.68 Å². The summed E-state index contributed by atoms with van der Waals surface area (Å²) in [6.07, 6.45) is 0. The maximum absolute atomic E-state index is 12.3. The summed E-state index contributed by atoms with van der Waals surface area (Å²) in [5.41, 5.74) is 4.63. The molecule has 0 bridgehead atoms. The predicted molar refractivity (Wildman–Crippen MR) is 85.1 cm³/mol. The Balaban J connectivity index is 2.59. The fraction of sp³-hybridized carbons (Fsp3) is 0.412. The van der Waals surface area contributed by atoms with Crippen molar-refractivity contribution in [1.29, 1.82) is 0 Å². The molecule has 0 atom stereocenters. The van der Waals surface area contributed by atoms with Gasteiger partial charge in [0, 0.05) is 6.54 Å². The van der Waals surface area contributed by atoms with Crippen LogP contribution >= 0.6 is 0 Å². The number of hydrogen-bond acceptors (Lipinski definition) is 2. The second-order valence-electron chi connectivity index (χ2n) is 5.61. The van der Waals surface area contributed by atoms with E-state index >= 15 is 0 Å². The third kappa shape index (κ3) is 2.99. The van der Waals surface area contributed by atoms with Crippen LogP contribution in [0.4, 0.5) is 0 Å². The van der Waals surface area contributed by atoms with E-state index in [1.807, 2.05) is 30.7 Å². The zero-order chi connectivity index (χ0) is 15.6. The number of nitrogens with zero attached hydrogens (tertiary/aromatic N) is 2. The molecule has 0 spiro atoms. The van der Waals surface area contributed by atoms with Crippen LogP contribution < -0.4 is 5.32 Å². The smallest absolute Gasteiger partial charge is 0.255 e. The first-order chi connectivity index (χ1) is 9.95. The van der Waals surface area contributed by atoms with Gasteiger partial charge < -0.3 is 5.32 Å². The van der Waals surface area contributed by atoms with Gasteiger partial charge in [-0.1, -0.05) is 31.5 Å². The summed E-state index contributed by atoms with van der Waals surface area (Å²) in [4.78, 5) is 12.3. The topological polar surface area (TPSA) is 46.9 Å². The molecule has 0 aliphatic rings. The first kappa shape index (κ1) is 15.3. The molecule has 4 nitrogen and oxygen atoms in total. The van der Waals surface area contributed by atoms with Crippen molar-refractivity contribution in [3.05, 3.63) is 46.8 Å². The molecule has 1 amide bonds. The minimum absolute atomic E-state index is 0.0444. The minimum Gasteiger partial charge on any atom is -0.352 e. The van der Waals surface area contributed by atoms with E-state index in [2.05, 4.69) is 43.3 Å². The standard InChI is InChI=1S/C17H23N3O/c1-6-18-17(21)15-13(5)19-20(16(15)11(2)3)14-9-7-12(4)8-10-14/h7-11H,6H2,1-5H3,(H,18,21). The Bertz CT molecular complexity index is 639. The van der Waals surface area contributed by atoms with Gasteiger partial charge in [-0.3, -0.25) is 4.79 Å². The van der Waals surface area contributed by atoms with E-state index in [9.17, 15) is 4.79 Å². The lowest BCUT2D eigenvalue weighted by atomic mass is 10.0. The lowest BCUT2D eigenvalue weighted by Gasteiger charge is -2.13. The van der Waals surface area contributed by atoms with Crippen molar-refractivity contribution in [1.82, 2.24) is 15.1 Å². The number of nitrogens with one attached hydrogen (secondary N) is 1. The molecule has 1 aromatic heterocycles. The molecule has 4 heteroatoms. The maximum Gasteiger partial charge on any atom is 0.255 e. The van der Waals surface area contributed by atoms with Crippen LogP contribution in [0.25, 0.3) is 5.69 Å². The molecule has 1 N–H and O–H groups in total. The van der Waals surface area contributed by atoms with Crippen LogP contribution in [0.3, 0.4) is 0 Å². The highest BCUT2D eigenvalue weighted by Crippen LogP contribution is 2.25. The normalized spacial score (nSPS) is 11.0. The van der Waals surface area contributed by atoms with Crippen molar-refractivity contribution in [2.45, 2.75) is 40.5 Å².